The number of carbonyl (C=O) groups excluding carboxylic acids is 1. The number of hydrogen-bond acceptors (Lipinski definition) is 6. The van der Waals surface area contributed by atoms with Crippen molar-refractivity contribution in [1.29, 1.82) is 0 Å². The molecule has 0 radical (unpaired) electrons. The fourth-order valence-electron chi connectivity index (χ4n) is 3.82. The molecule has 0 atom stereocenters. The van der Waals surface area contributed by atoms with Gasteiger partial charge in [0, 0.05) is 48.7 Å². The van der Waals surface area contributed by atoms with Gasteiger partial charge >= 0.3 is 0 Å². The van der Waals surface area contributed by atoms with Crippen LogP contribution in [0.15, 0.2) is 61.2 Å². The van der Waals surface area contributed by atoms with E-state index in [9.17, 15) is 4.79 Å². The van der Waals surface area contributed by atoms with Crippen LogP contribution >= 0.6 is 0 Å². The summed E-state index contributed by atoms with van der Waals surface area (Å²) in [6, 6.07) is 11.1. The molecule has 32 heavy (non-hydrogen) atoms. The van der Waals surface area contributed by atoms with E-state index in [1.807, 2.05) is 48.8 Å². The second-order valence-electron chi connectivity index (χ2n) is 8.11. The molecule has 4 rings (SSSR count). The van der Waals surface area contributed by atoms with Crippen molar-refractivity contribution >= 4 is 11.6 Å². The highest BCUT2D eigenvalue weighted by atomic mass is 16.5. The maximum atomic E-state index is 12.7. The Morgan fingerprint density at radius 2 is 1.81 bits per heavy atom. The van der Waals surface area contributed by atoms with Crippen LogP contribution in [0.3, 0.4) is 0 Å². The Morgan fingerprint density at radius 3 is 2.47 bits per heavy atom. The second-order valence-corrected chi connectivity index (χ2v) is 8.11. The van der Waals surface area contributed by atoms with Gasteiger partial charge in [0.2, 0.25) is 5.91 Å². The zero-order valence-corrected chi connectivity index (χ0v) is 18.4. The predicted molar refractivity (Wildman–Crippen MR) is 123 cm³/mol. The Kier molecular flexibility index (Phi) is 7.40. The van der Waals surface area contributed by atoms with E-state index in [2.05, 4.69) is 32.1 Å². The molecular weight excluding hydrogens is 402 g/mol. The molecule has 0 aliphatic carbocycles. The number of piperidine rings is 1. The van der Waals surface area contributed by atoms with E-state index in [4.69, 9.17) is 4.74 Å². The number of rotatable bonds is 8. The molecule has 0 bridgehead atoms. The van der Waals surface area contributed by atoms with Gasteiger partial charge in [0.15, 0.2) is 0 Å². The van der Waals surface area contributed by atoms with Crippen molar-refractivity contribution in [2.45, 2.75) is 39.2 Å². The van der Waals surface area contributed by atoms with Gasteiger partial charge in [-0.25, -0.2) is 9.97 Å². The van der Waals surface area contributed by atoms with Crippen molar-refractivity contribution in [2.24, 2.45) is 5.92 Å². The maximum Gasteiger partial charge on any atom is 0.227 e. The molecule has 3 heterocycles. The number of nitrogens with zero attached hydrogens (tertiary/aromatic N) is 4. The van der Waals surface area contributed by atoms with Gasteiger partial charge < -0.3 is 10.1 Å². The lowest BCUT2D eigenvalue weighted by molar-refractivity contribution is -0.121. The van der Waals surface area contributed by atoms with Crippen molar-refractivity contribution in [3.05, 3.63) is 72.6 Å². The first-order valence-corrected chi connectivity index (χ1v) is 11.2. The molecule has 1 amide bonds. The number of aromatic nitrogens is 3. The molecule has 1 saturated heterocycles. The molecule has 7 heteroatoms. The Hall–Kier alpha value is -3.32. The zero-order chi connectivity index (χ0) is 22.2. The molecule has 7 nitrogen and oxygen atoms in total. The number of carbonyl (C=O) groups is 1. The lowest BCUT2D eigenvalue weighted by atomic mass is 9.95. The molecule has 1 aromatic carbocycles. The summed E-state index contributed by atoms with van der Waals surface area (Å²) in [5.74, 6) is 2.40. The highest BCUT2D eigenvalue weighted by Crippen LogP contribution is 2.24. The number of pyridine rings is 1. The minimum Gasteiger partial charge on any atom is -0.456 e. The summed E-state index contributed by atoms with van der Waals surface area (Å²) >= 11 is 0. The van der Waals surface area contributed by atoms with Gasteiger partial charge in [-0.1, -0.05) is 6.92 Å². The third-order valence-corrected chi connectivity index (χ3v) is 5.59. The van der Waals surface area contributed by atoms with E-state index >= 15 is 0 Å². The Labute approximate surface area is 188 Å². The van der Waals surface area contributed by atoms with Crippen LogP contribution in [-0.2, 0) is 17.8 Å². The van der Waals surface area contributed by atoms with Gasteiger partial charge in [-0.2, -0.15) is 0 Å². The molecule has 0 unspecified atom stereocenters. The average molecular weight is 432 g/mol. The predicted octanol–water partition coefficient (Wildman–Crippen LogP) is 4.47. The molecule has 1 aliphatic heterocycles. The zero-order valence-electron chi connectivity index (χ0n) is 18.4. The first-order valence-electron chi connectivity index (χ1n) is 11.2. The number of nitrogens with one attached hydrogen (secondary N) is 1. The van der Waals surface area contributed by atoms with Gasteiger partial charge in [-0.3, -0.25) is 14.7 Å². The molecule has 2 aromatic heterocycles. The molecule has 0 saturated carbocycles. The molecule has 1 fully saturated rings. The SMILES string of the molecule is CCCc1ncc(CN2CCC(C(=O)Nc3ccc(Oc4cccnc4)cc3)CC2)cn1. The molecule has 1 aliphatic rings. The van der Waals surface area contributed by atoms with Gasteiger partial charge in [-0.15, -0.1) is 0 Å². The van der Waals surface area contributed by atoms with E-state index in [1.165, 1.54) is 0 Å². The summed E-state index contributed by atoms with van der Waals surface area (Å²) in [6.07, 6.45) is 10.9. The van der Waals surface area contributed by atoms with Gasteiger partial charge in [0.05, 0.1) is 6.20 Å². The van der Waals surface area contributed by atoms with Crippen LogP contribution in [0.5, 0.6) is 11.5 Å². The first-order chi connectivity index (χ1) is 15.7. The number of anilines is 1. The van der Waals surface area contributed by atoms with Gasteiger partial charge in [-0.05, 0) is 68.8 Å². The summed E-state index contributed by atoms with van der Waals surface area (Å²) in [5, 5.41) is 3.04. The van der Waals surface area contributed by atoms with Crippen LogP contribution in [0.1, 0.15) is 37.6 Å². The Morgan fingerprint density at radius 1 is 1.06 bits per heavy atom. The minimum atomic E-state index is 0.0285. The van der Waals surface area contributed by atoms with Crippen LogP contribution < -0.4 is 10.1 Å². The summed E-state index contributed by atoms with van der Waals surface area (Å²) in [5.41, 5.74) is 1.90. The van der Waals surface area contributed by atoms with Crippen molar-refractivity contribution in [3.8, 4) is 11.5 Å². The number of aryl methyl sites for hydroxylation is 1. The summed E-state index contributed by atoms with van der Waals surface area (Å²) in [4.78, 5) is 28.0. The largest absolute Gasteiger partial charge is 0.456 e. The Balaban J connectivity index is 1.23. The monoisotopic (exact) mass is 431 g/mol. The normalized spacial score (nSPS) is 14.8. The maximum absolute atomic E-state index is 12.7. The number of ether oxygens (including phenoxy) is 1. The number of likely N-dealkylation sites (tertiary alicyclic amines) is 1. The molecular formula is C25H29N5O2. The third kappa shape index (κ3) is 6.11. The molecule has 0 spiro atoms. The van der Waals surface area contributed by atoms with Gasteiger partial charge in [0.25, 0.3) is 0 Å². The van der Waals surface area contributed by atoms with Crippen LogP contribution in [0.2, 0.25) is 0 Å². The number of amides is 1. The van der Waals surface area contributed by atoms with E-state index in [0.717, 1.165) is 62.4 Å². The lowest BCUT2D eigenvalue weighted by Gasteiger charge is -2.31. The van der Waals surface area contributed by atoms with Crippen molar-refractivity contribution in [2.75, 3.05) is 18.4 Å². The first kappa shape index (κ1) is 21.9. The van der Waals surface area contributed by atoms with Crippen LogP contribution in [0.4, 0.5) is 5.69 Å². The summed E-state index contributed by atoms with van der Waals surface area (Å²) in [7, 11) is 0. The van der Waals surface area contributed by atoms with Crippen LogP contribution in [-0.4, -0.2) is 38.8 Å². The van der Waals surface area contributed by atoms with E-state index in [0.29, 0.717) is 11.5 Å². The van der Waals surface area contributed by atoms with Gasteiger partial charge in [0.1, 0.15) is 17.3 Å². The molecule has 3 aromatic rings. The Bertz CT molecular complexity index is 985. The van der Waals surface area contributed by atoms with E-state index in [1.54, 1.807) is 12.4 Å². The minimum absolute atomic E-state index is 0.0285. The smallest absolute Gasteiger partial charge is 0.227 e. The molecule has 1 N–H and O–H groups in total. The number of benzene rings is 1. The van der Waals surface area contributed by atoms with E-state index in [-0.39, 0.29) is 11.8 Å². The highest BCUT2D eigenvalue weighted by Gasteiger charge is 2.25. The average Bonchev–Trinajstić information content (AvgIpc) is 2.83. The fraction of sp³-hybridized carbons (Fsp3) is 0.360. The topological polar surface area (TPSA) is 80.2 Å². The van der Waals surface area contributed by atoms with Crippen molar-refractivity contribution in [3.63, 3.8) is 0 Å². The molecule has 166 valence electrons. The van der Waals surface area contributed by atoms with Crippen LogP contribution in [0.25, 0.3) is 0 Å². The summed E-state index contributed by atoms with van der Waals surface area (Å²) < 4.78 is 5.74. The van der Waals surface area contributed by atoms with E-state index < -0.39 is 0 Å². The second kappa shape index (κ2) is 10.8. The fourth-order valence-corrected chi connectivity index (χ4v) is 3.82. The summed E-state index contributed by atoms with van der Waals surface area (Å²) in [6.45, 7) is 4.75. The lowest BCUT2D eigenvalue weighted by Crippen LogP contribution is -2.37. The van der Waals surface area contributed by atoms with Crippen molar-refractivity contribution < 1.29 is 9.53 Å². The quantitative estimate of drug-likeness (QED) is 0.567. The van der Waals surface area contributed by atoms with Crippen LogP contribution in [0, 0.1) is 5.92 Å². The van der Waals surface area contributed by atoms with Crippen molar-refractivity contribution in [1.82, 2.24) is 19.9 Å². The number of hydrogen-bond donors (Lipinski definition) is 1. The third-order valence-electron chi connectivity index (χ3n) is 5.59. The highest BCUT2D eigenvalue weighted by molar-refractivity contribution is 5.92. The standard InChI is InChI=1S/C25H29N5O2/c1-2-4-24-27-15-19(16-28-24)18-30-13-10-20(11-14-30)25(31)29-21-6-8-22(9-7-21)32-23-5-3-12-26-17-23/h3,5-9,12,15-17,20H,2,4,10-11,13-14,18H2,1H3,(H,29,31).